The molecule has 0 aliphatic rings. The van der Waals surface area contributed by atoms with Gasteiger partial charge in [0, 0.05) is 11.3 Å². The van der Waals surface area contributed by atoms with Gasteiger partial charge >= 0.3 is 12.3 Å². The predicted octanol–water partition coefficient (Wildman–Crippen LogP) is 5.75. The molecule has 0 atom stereocenters. The molecule has 29 heavy (non-hydrogen) atoms. The molecule has 2 N–H and O–H groups in total. The minimum atomic E-state index is -4.62. The largest absolute Gasteiger partial charge is 0.444 e. The highest BCUT2D eigenvalue weighted by Crippen LogP contribution is 2.32. The summed E-state index contributed by atoms with van der Waals surface area (Å²) in [6.07, 6.45) is -5.40. The molecule has 0 saturated heterocycles. The van der Waals surface area contributed by atoms with Crippen molar-refractivity contribution in [3.63, 3.8) is 0 Å². The Hall–Kier alpha value is -3.10. The molecule has 0 spiro atoms. The highest BCUT2D eigenvalue weighted by Gasteiger charge is 2.33. The lowest BCUT2D eigenvalue weighted by Crippen LogP contribution is -2.27. The molecule has 2 rings (SSSR count). The molecular weight excluding hydrogens is 392 g/mol. The fraction of sp³-hybridized carbons (Fsp3) is 0.300. The van der Waals surface area contributed by atoms with E-state index in [1.54, 1.807) is 20.8 Å². The molecule has 2 amide bonds. The summed E-state index contributed by atoms with van der Waals surface area (Å²) in [7, 11) is 0. The van der Waals surface area contributed by atoms with Crippen LogP contribution < -0.4 is 10.6 Å². The zero-order valence-corrected chi connectivity index (χ0v) is 16.2. The van der Waals surface area contributed by atoms with Crippen LogP contribution in [0, 0.1) is 12.7 Å². The highest BCUT2D eigenvalue weighted by molar-refractivity contribution is 6.05. The molecule has 9 heteroatoms. The predicted molar refractivity (Wildman–Crippen MR) is 100 cm³/mol. The third-order valence-electron chi connectivity index (χ3n) is 3.67. The van der Waals surface area contributed by atoms with Crippen LogP contribution >= 0.6 is 0 Å². The second-order valence-electron chi connectivity index (χ2n) is 7.30. The SMILES string of the molecule is Cc1ccc(C(=O)Nc2cc(NC(=O)OC(C)(C)C)ccc2F)cc1C(F)(F)F. The number of halogens is 4. The average molecular weight is 412 g/mol. The van der Waals surface area contributed by atoms with Gasteiger partial charge in [0.1, 0.15) is 11.4 Å². The van der Waals surface area contributed by atoms with Crippen LogP contribution in [0.2, 0.25) is 0 Å². The van der Waals surface area contributed by atoms with Gasteiger partial charge in [0.15, 0.2) is 0 Å². The number of hydrogen-bond acceptors (Lipinski definition) is 3. The maximum atomic E-state index is 14.0. The zero-order valence-electron chi connectivity index (χ0n) is 16.2. The molecule has 0 unspecified atom stereocenters. The van der Waals surface area contributed by atoms with Gasteiger partial charge in [0.05, 0.1) is 11.3 Å². The lowest BCUT2D eigenvalue weighted by atomic mass is 10.0. The van der Waals surface area contributed by atoms with E-state index in [9.17, 15) is 27.2 Å². The third-order valence-corrected chi connectivity index (χ3v) is 3.67. The third kappa shape index (κ3) is 6.20. The van der Waals surface area contributed by atoms with E-state index in [0.29, 0.717) is 6.07 Å². The van der Waals surface area contributed by atoms with Gasteiger partial charge < -0.3 is 10.1 Å². The Balaban J connectivity index is 2.22. The lowest BCUT2D eigenvalue weighted by molar-refractivity contribution is -0.138. The van der Waals surface area contributed by atoms with Crippen molar-refractivity contribution in [3.8, 4) is 0 Å². The van der Waals surface area contributed by atoms with Crippen LogP contribution in [-0.4, -0.2) is 17.6 Å². The molecule has 156 valence electrons. The zero-order chi connectivity index (χ0) is 22.0. The van der Waals surface area contributed by atoms with Crippen molar-refractivity contribution in [2.75, 3.05) is 10.6 Å². The number of nitrogens with one attached hydrogen (secondary N) is 2. The average Bonchev–Trinajstić information content (AvgIpc) is 2.55. The summed E-state index contributed by atoms with van der Waals surface area (Å²) in [5.74, 6) is -1.75. The summed E-state index contributed by atoms with van der Waals surface area (Å²) >= 11 is 0. The summed E-state index contributed by atoms with van der Waals surface area (Å²) in [6.45, 7) is 6.27. The Labute approximate surface area is 165 Å². The maximum absolute atomic E-state index is 14.0. The van der Waals surface area contributed by atoms with Crippen molar-refractivity contribution in [3.05, 3.63) is 58.9 Å². The number of anilines is 2. The van der Waals surface area contributed by atoms with Crippen LogP contribution in [0.15, 0.2) is 36.4 Å². The van der Waals surface area contributed by atoms with Gasteiger partial charge in [0.2, 0.25) is 0 Å². The number of hydrogen-bond donors (Lipinski definition) is 2. The Morgan fingerprint density at radius 3 is 2.21 bits per heavy atom. The smallest absolute Gasteiger partial charge is 0.416 e. The molecule has 0 fully saturated rings. The topological polar surface area (TPSA) is 67.4 Å². The fourth-order valence-electron chi connectivity index (χ4n) is 2.38. The number of benzene rings is 2. The fourth-order valence-corrected chi connectivity index (χ4v) is 2.38. The number of carbonyl (C=O) groups is 2. The normalized spacial score (nSPS) is 11.7. The molecule has 0 radical (unpaired) electrons. The molecule has 2 aromatic carbocycles. The van der Waals surface area contributed by atoms with E-state index in [1.807, 2.05) is 0 Å². The van der Waals surface area contributed by atoms with E-state index in [4.69, 9.17) is 4.74 Å². The number of amides is 2. The minimum Gasteiger partial charge on any atom is -0.444 e. The van der Waals surface area contributed by atoms with E-state index >= 15 is 0 Å². The van der Waals surface area contributed by atoms with Crippen LogP contribution in [0.3, 0.4) is 0 Å². The lowest BCUT2D eigenvalue weighted by Gasteiger charge is -2.20. The first-order valence-electron chi connectivity index (χ1n) is 8.55. The molecule has 0 aliphatic heterocycles. The second kappa shape index (κ2) is 8.10. The number of carbonyl (C=O) groups excluding carboxylic acids is 2. The quantitative estimate of drug-likeness (QED) is 0.631. The monoisotopic (exact) mass is 412 g/mol. The molecule has 0 aliphatic carbocycles. The number of rotatable bonds is 3. The van der Waals surface area contributed by atoms with Crippen LogP contribution in [0.1, 0.15) is 42.3 Å². The van der Waals surface area contributed by atoms with Crippen LogP contribution in [0.25, 0.3) is 0 Å². The van der Waals surface area contributed by atoms with E-state index < -0.39 is 35.2 Å². The first kappa shape index (κ1) is 22.2. The molecule has 5 nitrogen and oxygen atoms in total. The van der Waals surface area contributed by atoms with Gasteiger partial charge in [-0.1, -0.05) is 6.07 Å². The summed E-state index contributed by atoms with van der Waals surface area (Å²) in [5.41, 5.74) is -2.20. The summed E-state index contributed by atoms with van der Waals surface area (Å²) in [4.78, 5) is 24.1. The van der Waals surface area contributed by atoms with Crippen molar-refractivity contribution in [1.82, 2.24) is 0 Å². The Kier molecular flexibility index (Phi) is 6.20. The van der Waals surface area contributed by atoms with Crippen LogP contribution in [-0.2, 0) is 10.9 Å². The van der Waals surface area contributed by atoms with Crippen molar-refractivity contribution in [1.29, 1.82) is 0 Å². The second-order valence-corrected chi connectivity index (χ2v) is 7.30. The van der Waals surface area contributed by atoms with Gasteiger partial charge in [-0.15, -0.1) is 0 Å². The molecule has 2 aromatic rings. The Morgan fingerprint density at radius 1 is 0.966 bits per heavy atom. The van der Waals surface area contributed by atoms with Crippen molar-refractivity contribution >= 4 is 23.4 Å². The van der Waals surface area contributed by atoms with Gasteiger partial charge in [-0.2, -0.15) is 13.2 Å². The minimum absolute atomic E-state index is 0.0382. The number of aryl methyl sites for hydroxylation is 1. The molecule has 0 bridgehead atoms. The van der Waals surface area contributed by atoms with Crippen LogP contribution in [0.4, 0.5) is 33.7 Å². The van der Waals surface area contributed by atoms with Gasteiger partial charge in [-0.3, -0.25) is 10.1 Å². The van der Waals surface area contributed by atoms with E-state index in [0.717, 1.165) is 18.2 Å². The van der Waals surface area contributed by atoms with E-state index in [2.05, 4.69) is 10.6 Å². The van der Waals surface area contributed by atoms with Gasteiger partial charge in [-0.05, 0) is 63.6 Å². The molecule has 0 aromatic heterocycles. The van der Waals surface area contributed by atoms with Crippen molar-refractivity contribution in [2.45, 2.75) is 39.5 Å². The number of alkyl halides is 3. The Morgan fingerprint density at radius 2 is 1.62 bits per heavy atom. The van der Waals surface area contributed by atoms with Crippen molar-refractivity contribution in [2.24, 2.45) is 0 Å². The maximum Gasteiger partial charge on any atom is 0.416 e. The first-order valence-corrected chi connectivity index (χ1v) is 8.55. The molecule has 0 heterocycles. The van der Waals surface area contributed by atoms with E-state index in [1.165, 1.54) is 19.1 Å². The highest BCUT2D eigenvalue weighted by atomic mass is 19.4. The van der Waals surface area contributed by atoms with Crippen LogP contribution in [0.5, 0.6) is 0 Å². The summed E-state index contributed by atoms with van der Waals surface area (Å²) < 4.78 is 58.2. The van der Waals surface area contributed by atoms with Crippen molar-refractivity contribution < 1.29 is 31.9 Å². The summed E-state index contributed by atoms with van der Waals surface area (Å²) in [6, 6.07) is 6.46. The molecular formula is C20H20F4N2O3. The summed E-state index contributed by atoms with van der Waals surface area (Å²) in [5, 5.41) is 4.60. The van der Waals surface area contributed by atoms with E-state index in [-0.39, 0.29) is 22.5 Å². The number of ether oxygens (including phenoxy) is 1. The molecule has 0 saturated carbocycles. The van der Waals surface area contributed by atoms with Gasteiger partial charge in [-0.25, -0.2) is 9.18 Å². The Bertz CT molecular complexity index is 934. The first-order chi connectivity index (χ1) is 13.3. The standard InChI is InChI=1S/C20H20F4N2O3/c1-11-5-6-12(9-14(11)20(22,23)24)17(27)26-16-10-13(7-8-15(16)21)25-18(28)29-19(2,3)4/h5-10H,1-4H3,(H,25,28)(H,26,27). The van der Waals surface area contributed by atoms with Gasteiger partial charge in [0.25, 0.3) is 5.91 Å².